The molecule has 0 unspecified atom stereocenters. The zero-order valence-corrected chi connectivity index (χ0v) is 24.6. The molecule has 0 aliphatic carbocycles. The molecule has 12 nitrogen and oxygen atoms in total. The van der Waals surface area contributed by atoms with Gasteiger partial charge in [-0.05, 0) is 49.2 Å². The molecule has 14 heteroatoms. The molecule has 3 aliphatic rings. The van der Waals surface area contributed by atoms with E-state index in [1.54, 1.807) is 41.3 Å². The Balaban J connectivity index is 1.32. The van der Waals surface area contributed by atoms with E-state index in [9.17, 15) is 19.2 Å². The van der Waals surface area contributed by atoms with E-state index in [-0.39, 0.29) is 29.9 Å². The van der Waals surface area contributed by atoms with Crippen LogP contribution in [-0.4, -0.2) is 59.1 Å². The van der Waals surface area contributed by atoms with Crippen LogP contribution in [0.4, 0.5) is 26.7 Å². The van der Waals surface area contributed by atoms with Crippen LogP contribution in [0.1, 0.15) is 49.4 Å². The van der Waals surface area contributed by atoms with E-state index < -0.39 is 23.7 Å². The van der Waals surface area contributed by atoms with Gasteiger partial charge in [0.15, 0.2) is 5.60 Å². The van der Waals surface area contributed by atoms with Gasteiger partial charge in [0.25, 0.3) is 0 Å². The monoisotopic (exact) mass is 626 g/mol. The van der Waals surface area contributed by atoms with Crippen LogP contribution in [0.25, 0.3) is 11.3 Å². The summed E-state index contributed by atoms with van der Waals surface area (Å²) >= 11 is 12.9. The number of nitrogens with zero attached hydrogens (tertiary/aromatic N) is 2. The summed E-state index contributed by atoms with van der Waals surface area (Å²) in [6.45, 7) is 0.517. The third-order valence-electron chi connectivity index (χ3n) is 7.97. The van der Waals surface area contributed by atoms with Gasteiger partial charge in [-0.2, -0.15) is 0 Å². The molecule has 4 amide bonds. The highest BCUT2D eigenvalue weighted by Gasteiger charge is 2.49. The van der Waals surface area contributed by atoms with Crippen LogP contribution in [-0.2, 0) is 24.7 Å². The number of carbonyl (C=O) groups excluding carboxylic acids is 4. The molecule has 224 valence electrons. The maximum Gasteiger partial charge on any atom is 0.412 e. The maximum atomic E-state index is 14.1. The lowest BCUT2D eigenvalue weighted by molar-refractivity contribution is -0.133. The number of amides is 4. The number of hydrogen-bond acceptors (Lipinski definition) is 7. The molecule has 2 atom stereocenters. The first kappa shape index (κ1) is 28.8. The summed E-state index contributed by atoms with van der Waals surface area (Å²) in [5, 5.41) is 8.87. The summed E-state index contributed by atoms with van der Waals surface area (Å²) < 4.78 is 10.5. The van der Waals surface area contributed by atoms with Crippen molar-refractivity contribution in [3.05, 3.63) is 58.0 Å². The molecule has 1 fully saturated rings. The molecule has 2 aromatic carbocycles. The van der Waals surface area contributed by atoms with Crippen molar-refractivity contribution < 1.29 is 28.7 Å². The molecule has 1 aromatic heterocycles. The lowest BCUT2D eigenvalue weighted by Crippen LogP contribution is -2.43. The largest absolute Gasteiger partial charge is 0.453 e. The Hall–Kier alpha value is -4.29. The number of rotatable bonds is 2. The SMILES string of the molecule is COC(=O)Nc1ccc2c(c1)NC(=O)CCCC[C@@H](C(=O)N1CC[C@@]3(C1)OC(=O)Nc1ccc(Cl)cc13)c1nc-2c(Cl)[nH]1. The predicted octanol–water partition coefficient (Wildman–Crippen LogP) is 5.85. The summed E-state index contributed by atoms with van der Waals surface area (Å²) in [6, 6.07) is 10.1. The summed E-state index contributed by atoms with van der Waals surface area (Å²) in [5.41, 5.74) is 1.96. The van der Waals surface area contributed by atoms with Crippen molar-refractivity contribution in [2.75, 3.05) is 36.1 Å². The van der Waals surface area contributed by atoms with Crippen molar-refractivity contribution in [2.45, 2.75) is 43.6 Å². The molecular formula is C29H28Cl2N6O6. The van der Waals surface area contributed by atoms with E-state index in [1.165, 1.54) is 7.11 Å². The van der Waals surface area contributed by atoms with Crippen molar-refractivity contribution in [1.29, 1.82) is 0 Å². The van der Waals surface area contributed by atoms with Crippen molar-refractivity contribution in [2.24, 2.45) is 0 Å². The van der Waals surface area contributed by atoms with Crippen LogP contribution in [0.5, 0.6) is 0 Å². The number of fused-ring (bicyclic) bond motifs is 6. The molecule has 2 bridgehead atoms. The number of methoxy groups -OCH3 is 1. The second kappa shape index (κ2) is 11.4. The minimum atomic E-state index is -1.03. The van der Waals surface area contributed by atoms with Gasteiger partial charge >= 0.3 is 12.2 Å². The van der Waals surface area contributed by atoms with Crippen molar-refractivity contribution in [3.63, 3.8) is 0 Å². The number of nitrogens with one attached hydrogen (secondary N) is 4. The lowest BCUT2D eigenvalue weighted by atomic mass is 9.90. The Morgan fingerprint density at radius 1 is 1.12 bits per heavy atom. The van der Waals surface area contributed by atoms with E-state index >= 15 is 0 Å². The number of H-pyrrole nitrogens is 1. The fourth-order valence-electron chi connectivity index (χ4n) is 5.90. The number of halogens is 2. The van der Waals surface area contributed by atoms with Gasteiger partial charge in [0, 0.05) is 41.2 Å². The first-order chi connectivity index (χ1) is 20.7. The third kappa shape index (κ3) is 5.59. The van der Waals surface area contributed by atoms with Crippen molar-refractivity contribution in [3.8, 4) is 11.3 Å². The second-order valence-electron chi connectivity index (χ2n) is 10.7. The normalized spacial score (nSPS) is 21.4. The van der Waals surface area contributed by atoms with Gasteiger partial charge in [-0.25, -0.2) is 14.6 Å². The molecule has 0 radical (unpaired) electrons. The Labute approximate surface area is 256 Å². The molecule has 43 heavy (non-hydrogen) atoms. The minimum absolute atomic E-state index is 0.158. The molecule has 4 N–H and O–H groups in total. The predicted molar refractivity (Wildman–Crippen MR) is 159 cm³/mol. The average molecular weight is 627 g/mol. The van der Waals surface area contributed by atoms with Crippen LogP contribution < -0.4 is 16.0 Å². The number of carbonyl (C=O) groups is 4. The zero-order chi connectivity index (χ0) is 30.3. The van der Waals surface area contributed by atoms with Crippen LogP contribution in [0, 0.1) is 0 Å². The van der Waals surface area contributed by atoms with Crippen molar-refractivity contribution in [1.82, 2.24) is 14.9 Å². The Morgan fingerprint density at radius 3 is 2.77 bits per heavy atom. The highest BCUT2D eigenvalue weighted by molar-refractivity contribution is 6.32. The van der Waals surface area contributed by atoms with Crippen LogP contribution in [0.15, 0.2) is 36.4 Å². The minimum Gasteiger partial charge on any atom is -0.453 e. The summed E-state index contributed by atoms with van der Waals surface area (Å²) in [6.07, 6.45) is 0.934. The fourth-order valence-corrected chi connectivity index (χ4v) is 6.31. The molecule has 0 saturated carbocycles. The van der Waals surface area contributed by atoms with Gasteiger partial charge in [0.05, 0.1) is 30.9 Å². The van der Waals surface area contributed by atoms with E-state index in [0.29, 0.717) is 71.4 Å². The van der Waals surface area contributed by atoms with Gasteiger partial charge in [0.1, 0.15) is 16.7 Å². The lowest BCUT2D eigenvalue weighted by Gasteiger charge is -2.35. The first-order valence-corrected chi connectivity index (χ1v) is 14.5. The van der Waals surface area contributed by atoms with Crippen LogP contribution in [0.3, 0.4) is 0 Å². The summed E-state index contributed by atoms with van der Waals surface area (Å²) in [5.74, 6) is -0.695. The van der Waals surface area contributed by atoms with Gasteiger partial charge in [0.2, 0.25) is 11.8 Å². The quantitative estimate of drug-likeness (QED) is 0.278. The van der Waals surface area contributed by atoms with Crippen LogP contribution in [0.2, 0.25) is 10.2 Å². The molecular weight excluding hydrogens is 599 g/mol. The molecule has 4 heterocycles. The number of hydrogen-bond donors (Lipinski definition) is 4. The Kier molecular flexibility index (Phi) is 7.65. The van der Waals surface area contributed by atoms with E-state index in [4.69, 9.17) is 32.9 Å². The third-order valence-corrected chi connectivity index (χ3v) is 8.48. The highest BCUT2D eigenvalue weighted by atomic mass is 35.5. The van der Waals surface area contributed by atoms with E-state index in [0.717, 1.165) is 5.56 Å². The number of imidazole rings is 1. The fraction of sp³-hybridized carbons (Fsp3) is 0.345. The standard InChI is InChI=1S/C29H28Cl2N6O6/c1-42-27(40)32-16-7-8-17-21(13-16)33-22(38)5-3-2-4-18(25-35-23(17)24(31)36-25)26(39)37-11-10-29(14-37)19-12-15(30)6-9-20(19)34-28(41)43-29/h6-9,12-13,18H,2-5,10-11,14H2,1H3,(H,32,40)(H,33,38)(H,34,41)(H,35,36)/t18-,29+/m1/s1. The van der Waals surface area contributed by atoms with E-state index in [1.807, 2.05) is 0 Å². The van der Waals surface area contributed by atoms with Gasteiger partial charge in [-0.1, -0.05) is 29.6 Å². The average Bonchev–Trinajstić information content (AvgIpc) is 3.56. The van der Waals surface area contributed by atoms with Crippen LogP contribution >= 0.6 is 23.2 Å². The van der Waals surface area contributed by atoms with Crippen molar-refractivity contribution >= 4 is 64.3 Å². The molecule has 6 rings (SSSR count). The molecule has 3 aromatic rings. The number of benzene rings is 2. The summed E-state index contributed by atoms with van der Waals surface area (Å²) in [4.78, 5) is 60.6. The van der Waals surface area contributed by atoms with Gasteiger partial charge < -0.3 is 24.7 Å². The molecule has 1 spiro atoms. The van der Waals surface area contributed by atoms with Gasteiger partial charge in [-0.15, -0.1) is 0 Å². The molecule has 1 saturated heterocycles. The van der Waals surface area contributed by atoms with E-state index in [2.05, 4.69) is 25.7 Å². The number of aromatic amines is 1. The van der Waals surface area contributed by atoms with Gasteiger partial charge in [-0.3, -0.25) is 20.2 Å². The first-order valence-electron chi connectivity index (χ1n) is 13.8. The summed E-state index contributed by atoms with van der Waals surface area (Å²) in [7, 11) is 1.25. The topological polar surface area (TPSA) is 155 Å². The maximum absolute atomic E-state index is 14.1. The molecule has 3 aliphatic heterocycles. The zero-order valence-electron chi connectivity index (χ0n) is 23.1. The number of anilines is 3. The number of ether oxygens (including phenoxy) is 2. The Bertz CT molecular complexity index is 1640. The Morgan fingerprint density at radius 2 is 1.95 bits per heavy atom. The smallest absolute Gasteiger partial charge is 0.412 e. The number of aromatic nitrogens is 2. The number of likely N-dealkylation sites (tertiary alicyclic amines) is 1. The highest BCUT2D eigenvalue weighted by Crippen LogP contribution is 2.45. The second-order valence-corrected chi connectivity index (χ2v) is 11.5.